The van der Waals surface area contributed by atoms with Crippen LogP contribution in [0.3, 0.4) is 0 Å². The van der Waals surface area contributed by atoms with Crippen molar-refractivity contribution < 1.29 is 14.4 Å². The number of rotatable bonds is 8. The van der Waals surface area contributed by atoms with Gasteiger partial charge in [0.05, 0.1) is 23.6 Å². The monoisotopic (exact) mass is 489 g/mol. The highest BCUT2D eigenvalue weighted by molar-refractivity contribution is 5.87. The van der Waals surface area contributed by atoms with Gasteiger partial charge in [0, 0.05) is 51.1 Å². The lowest BCUT2D eigenvalue weighted by atomic mass is 9.98. The quantitative estimate of drug-likeness (QED) is 0.376. The van der Waals surface area contributed by atoms with Crippen molar-refractivity contribution in [2.45, 2.75) is 18.6 Å². The molecule has 5 heterocycles. The summed E-state index contributed by atoms with van der Waals surface area (Å²) in [6, 6.07) is 10.6. The van der Waals surface area contributed by atoms with Crippen molar-refractivity contribution in [3.05, 3.63) is 54.6 Å². The molecule has 0 radical (unpaired) electrons. The van der Waals surface area contributed by atoms with Gasteiger partial charge in [0.1, 0.15) is 5.69 Å². The molecule has 1 amide bonds. The van der Waals surface area contributed by atoms with Crippen LogP contribution in [0.1, 0.15) is 12.2 Å². The van der Waals surface area contributed by atoms with Gasteiger partial charge in [-0.25, -0.2) is 15.0 Å². The number of pyridine rings is 1. The first-order valence-corrected chi connectivity index (χ1v) is 11.5. The number of nitrogens with one attached hydrogen (secondary N) is 1. The summed E-state index contributed by atoms with van der Waals surface area (Å²) >= 11 is 0. The third kappa shape index (κ3) is 4.68. The molecular formula is C24H27N9O3. The van der Waals surface area contributed by atoms with Crippen LogP contribution in [0.25, 0.3) is 22.8 Å². The van der Waals surface area contributed by atoms with Crippen molar-refractivity contribution in [1.82, 2.24) is 39.7 Å². The Balaban J connectivity index is 1.34. The molecule has 0 saturated carbocycles. The molecule has 0 aromatic carbocycles. The summed E-state index contributed by atoms with van der Waals surface area (Å²) in [4.78, 5) is 29.5. The number of carbonyl (C=O) groups is 1. The predicted octanol–water partition coefficient (Wildman–Crippen LogP) is 1.74. The largest absolute Gasteiger partial charge is 0.373 e. The first-order valence-electron chi connectivity index (χ1n) is 11.5. The fraction of sp³-hybridized carbons (Fsp3) is 0.333. The molecule has 0 aliphatic carbocycles. The maximum absolute atomic E-state index is 12.4. The van der Waals surface area contributed by atoms with Crippen LogP contribution in [0.5, 0.6) is 0 Å². The van der Waals surface area contributed by atoms with Crippen molar-refractivity contribution in [1.29, 1.82) is 0 Å². The van der Waals surface area contributed by atoms with E-state index in [1.165, 1.54) is 4.90 Å². The standard InChI is InChI=1S/C24H27N9O3/c1-31(2)13-14-33-11-8-21(29-33)28-23-25-10-7-18(27-23)16-5-4-6-17(26-16)19-15-20(36-30-19)24(35)9-12-32(3)22(24)34/h4-8,10-11,15,35H,9,12-14H2,1-3H3,(H,25,27,28,29). The minimum absolute atomic E-state index is 0.109. The number of nitrogens with zero attached hydrogens (tertiary/aromatic N) is 8. The lowest BCUT2D eigenvalue weighted by molar-refractivity contribution is -0.144. The normalized spacial score (nSPS) is 17.8. The topological polar surface area (TPSA) is 138 Å². The summed E-state index contributed by atoms with van der Waals surface area (Å²) in [6.45, 7) is 2.10. The molecule has 0 bridgehead atoms. The maximum atomic E-state index is 12.4. The smallest absolute Gasteiger partial charge is 0.262 e. The summed E-state index contributed by atoms with van der Waals surface area (Å²) in [7, 11) is 5.68. The van der Waals surface area contributed by atoms with Gasteiger partial charge in [0.15, 0.2) is 11.6 Å². The fourth-order valence-electron chi connectivity index (χ4n) is 3.92. The summed E-state index contributed by atoms with van der Waals surface area (Å²) < 4.78 is 7.21. The molecule has 0 spiro atoms. The number of likely N-dealkylation sites (tertiary alicyclic amines) is 1. The van der Waals surface area contributed by atoms with Gasteiger partial charge in [-0.2, -0.15) is 5.10 Å². The molecule has 4 aromatic rings. The highest BCUT2D eigenvalue weighted by Crippen LogP contribution is 2.34. The molecule has 1 saturated heterocycles. The average molecular weight is 490 g/mol. The molecular weight excluding hydrogens is 462 g/mol. The minimum Gasteiger partial charge on any atom is -0.373 e. The van der Waals surface area contributed by atoms with Crippen LogP contribution in [0.4, 0.5) is 11.8 Å². The average Bonchev–Trinajstić information content (AvgIpc) is 3.61. The lowest BCUT2D eigenvalue weighted by Gasteiger charge is -2.16. The summed E-state index contributed by atoms with van der Waals surface area (Å²) in [5.74, 6) is 0.744. The molecule has 4 aromatic heterocycles. The van der Waals surface area contributed by atoms with E-state index in [1.807, 2.05) is 43.2 Å². The molecule has 1 aliphatic heterocycles. The molecule has 1 fully saturated rings. The fourth-order valence-corrected chi connectivity index (χ4v) is 3.92. The van der Waals surface area contributed by atoms with Crippen molar-refractivity contribution >= 4 is 17.7 Å². The highest BCUT2D eigenvalue weighted by Gasteiger charge is 2.48. The van der Waals surface area contributed by atoms with E-state index in [9.17, 15) is 9.90 Å². The van der Waals surface area contributed by atoms with Gasteiger partial charge in [-0.3, -0.25) is 9.48 Å². The number of aromatic nitrogens is 6. The zero-order valence-corrected chi connectivity index (χ0v) is 20.3. The third-order valence-corrected chi connectivity index (χ3v) is 6.01. The number of hydrogen-bond donors (Lipinski definition) is 2. The van der Waals surface area contributed by atoms with Crippen LogP contribution in [0.2, 0.25) is 0 Å². The Labute approximate surface area is 207 Å². The van der Waals surface area contributed by atoms with Gasteiger partial charge in [-0.15, -0.1) is 0 Å². The van der Waals surface area contributed by atoms with Crippen molar-refractivity contribution in [2.24, 2.45) is 0 Å². The Morgan fingerprint density at radius 2 is 1.92 bits per heavy atom. The molecule has 1 unspecified atom stereocenters. The number of carbonyl (C=O) groups excluding carboxylic acids is 1. The maximum Gasteiger partial charge on any atom is 0.262 e. The lowest BCUT2D eigenvalue weighted by Crippen LogP contribution is -2.35. The second-order valence-corrected chi connectivity index (χ2v) is 8.98. The summed E-state index contributed by atoms with van der Waals surface area (Å²) in [6.07, 6.45) is 3.80. The van der Waals surface area contributed by atoms with Crippen LogP contribution < -0.4 is 5.32 Å². The SMILES string of the molecule is CN(C)CCn1ccc(Nc2nccc(-c3cccc(-c4cc(C5(O)CCN(C)C5=O)on4)n3)n2)n1. The molecule has 12 nitrogen and oxygen atoms in total. The van der Waals surface area contributed by atoms with Gasteiger partial charge >= 0.3 is 0 Å². The summed E-state index contributed by atoms with van der Waals surface area (Å²) in [5, 5.41) is 22.5. The van der Waals surface area contributed by atoms with E-state index in [-0.39, 0.29) is 12.2 Å². The zero-order valence-electron chi connectivity index (χ0n) is 20.3. The van der Waals surface area contributed by atoms with E-state index in [4.69, 9.17) is 4.52 Å². The van der Waals surface area contributed by atoms with Crippen LogP contribution in [-0.4, -0.2) is 84.9 Å². The van der Waals surface area contributed by atoms with Crippen LogP contribution in [-0.2, 0) is 16.9 Å². The first-order chi connectivity index (χ1) is 17.3. The molecule has 12 heteroatoms. The molecule has 186 valence electrons. The van der Waals surface area contributed by atoms with Gasteiger partial charge in [-0.05, 0) is 32.3 Å². The Bertz CT molecular complexity index is 1380. The summed E-state index contributed by atoms with van der Waals surface area (Å²) in [5.41, 5.74) is 0.450. The van der Waals surface area contributed by atoms with Gasteiger partial charge in [-0.1, -0.05) is 11.2 Å². The molecule has 5 rings (SSSR count). The van der Waals surface area contributed by atoms with Crippen molar-refractivity contribution in [3.63, 3.8) is 0 Å². The second-order valence-electron chi connectivity index (χ2n) is 8.98. The minimum atomic E-state index is -1.70. The van der Waals surface area contributed by atoms with Crippen molar-refractivity contribution in [2.75, 3.05) is 39.5 Å². The van der Waals surface area contributed by atoms with E-state index in [0.29, 0.717) is 41.1 Å². The predicted molar refractivity (Wildman–Crippen MR) is 131 cm³/mol. The number of aliphatic hydroxyl groups is 1. The second kappa shape index (κ2) is 9.47. The Hall–Kier alpha value is -4.16. The number of likely N-dealkylation sites (N-methyl/N-ethyl adjacent to an activating group) is 2. The van der Waals surface area contributed by atoms with Gasteiger partial charge in [0.2, 0.25) is 11.5 Å². The first kappa shape index (κ1) is 23.6. The number of hydrogen-bond acceptors (Lipinski definition) is 10. The Morgan fingerprint density at radius 1 is 1.14 bits per heavy atom. The van der Waals surface area contributed by atoms with E-state index < -0.39 is 11.5 Å². The zero-order chi connectivity index (χ0) is 25.3. The third-order valence-electron chi connectivity index (χ3n) is 6.01. The van der Waals surface area contributed by atoms with Crippen LogP contribution >= 0.6 is 0 Å². The van der Waals surface area contributed by atoms with E-state index in [0.717, 1.165) is 13.1 Å². The molecule has 1 aliphatic rings. The Morgan fingerprint density at radius 3 is 2.67 bits per heavy atom. The van der Waals surface area contributed by atoms with E-state index in [1.54, 1.807) is 31.4 Å². The molecule has 1 atom stereocenters. The molecule has 36 heavy (non-hydrogen) atoms. The molecule has 2 N–H and O–H groups in total. The van der Waals surface area contributed by atoms with E-state index >= 15 is 0 Å². The van der Waals surface area contributed by atoms with Crippen molar-refractivity contribution in [3.8, 4) is 22.8 Å². The number of anilines is 2. The van der Waals surface area contributed by atoms with Crippen LogP contribution in [0, 0.1) is 0 Å². The van der Waals surface area contributed by atoms with E-state index in [2.05, 4.69) is 35.4 Å². The Kier molecular flexibility index (Phi) is 6.20. The highest BCUT2D eigenvalue weighted by atomic mass is 16.5. The van der Waals surface area contributed by atoms with Crippen LogP contribution in [0.15, 0.2) is 53.3 Å². The number of amides is 1. The van der Waals surface area contributed by atoms with Gasteiger partial charge < -0.3 is 24.7 Å². The van der Waals surface area contributed by atoms with Gasteiger partial charge in [0.25, 0.3) is 5.91 Å².